The van der Waals surface area contributed by atoms with E-state index < -0.39 is 11.9 Å². The van der Waals surface area contributed by atoms with Crippen LogP contribution in [0.5, 0.6) is 0 Å². The quantitative estimate of drug-likeness (QED) is 0.360. The molecule has 0 aliphatic carbocycles. The van der Waals surface area contributed by atoms with Crippen molar-refractivity contribution < 1.29 is 19.1 Å². The molecule has 2 aromatic rings. The number of esters is 2. The molecule has 0 aliphatic heterocycles. The van der Waals surface area contributed by atoms with Gasteiger partial charge in [0.2, 0.25) is 0 Å². The van der Waals surface area contributed by atoms with Crippen molar-refractivity contribution in [2.24, 2.45) is 0 Å². The molecule has 6 heteroatoms. The highest BCUT2D eigenvalue weighted by molar-refractivity contribution is 6.33. The largest absolute Gasteiger partial charge is 0.424 e. The van der Waals surface area contributed by atoms with E-state index in [0.717, 1.165) is 11.1 Å². The van der Waals surface area contributed by atoms with Gasteiger partial charge in [-0.15, -0.1) is 0 Å². The van der Waals surface area contributed by atoms with Crippen molar-refractivity contribution in [3.8, 4) is 0 Å². The van der Waals surface area contributed by atoms with Crippen LogP contribution in [0.4, 0.5) is 0 Å². The lowest BCUT2D eigenvalue weighted by Gasteiger charge is -2.07. The molecule has 0 bridgehead atoms. The van der Waals surface area contributed by atoms with Gasteiger partial charge in [-0.25, -0.2) is 9.59 Å². The van der Waals surface area contributed by atoms with Gasteiger partial charge in [0.15, 0.2) is 11.8 Å². The average molecular weight is 352 g/mol. The summed E-state index contributed by atoms with van der Waals surface area (Å²) in [5.74, 6) is -3.20. The summed E-state index contributed by atoms with van der Waals surface area (Å²) in [6.45, 7) is 0. The molecule has 0 radical (unpaired) electrons. The summed E-state index contributed by atoms with van der Waals surface area (Å²) in [4.78, 5) is 23.3. The fraction of sp³-hybridized carbons (Fsp3) is 0.200. The lowest BCUT2D eigenvalue weighted by Crippen LogP contribution is -2.25. The molecule has 2 rings (SSSR count). The predicted octanol–water partition coefficient (Wildman–Crippen LogP) is 3.29. The highest BCUT2D eigenvalue weighted by Gasteiger charge is 2.21. The Morgan fingerprint density at radius 1 is 0.654 bits per heavy atom. The Morgan fingerprint density at radius 3 is 1.35 bits per heavy atom. The number of hydrogen-bond acceptors (Lipinski definition) is 6. The van der Waals surface area contributed by atoms with E-state index in [2.05, 4.69) is 9.47 Å². The van der Waals surface area contributed by atoms with Gasteiger partial charge in [-0.05, 0) is 24.0 Å². The second-order valence-electron chi connectivity index (χ2n) is 5.60. The molecule has 6 nitrogen and oxygen atoms in total. The summed E-state index contributed by atoms with van der Waals surface area (Å²) in [5.41, 5.74) is 2.00. The van der Waals surface area contributed by atoms with Crippen LogP contribution in [0.15, 0.2) is 60.7 Å². The molecule has 0 amide bonds. The summed E-state index contributed by atoms with van der Waals surface area (Å²) < 4.78 is 9.34. The van der Waals surface area contributed by atoms with E-state index in [9.17, 15) is 9.59 Å². The Hall–Kier alpha value is -3.28. The molecule has 134 valence electrons. The van der Waals surface area contributed by atoms with Crippen LogP contribution in [-0.2, 0) is 31.9 Å². The Bertz CT molecular complexity index is 705. The van der Waals surface area contributed by atoms with E-state index in [-0.39, 0.29) is 24.6 Å². The van der Waals surface area contributed by atoms with Crippen molar-refractivity contribution in [2.45, 2.75) is 25.7 Å². The molecular formula is C20H20N2O4. The van der Waals surface area contributed by atoms with Gasteiger partial charge in [0.1, 0.15) is 0 Å². The topological polar surface area (TPSA) is 100 Å². The molecule has 0 aliphatic rings. The van der Waals surface area contributed by atoms with Crippen LogP contribution < -0.4 is 0 Å². The minimum atomic E-state index is -1.28. The van der Waals surface area contributed by atoms with E-state index in [0.29, 0.717) is 12.8 Å². The van der Waals surface area contributed by atoms with E-state index in [1.165, 1.54) is 0 Å². The summed E-state index contributed by atoms with van der Waals surface area (Å²) in [5, 5.41) is 15.3. The van der Waals surface area contributed by atoms with Crippen LogP contribution in [0, 0.1) is 10.8 Å². The average Bonchev–Trinajstić information content (AvgIpc) is 2.66. The normalized spacial score (nSPS) is 10.0. The zero-order valence-corrected chi connectivity index (χ0v) is 14.2. The third-order valence-corrected chi connectivity index (χ3v) is 3.57. The molecule has 0 spiro atoms. The maximum Gasteiger partial charge on any atom is 0.424 e. The van der Waals surface area contributed by atoms with Crippen molar-refractivity contribution in [1.29, 1.82) is 10.8 Å². The second-order valence-corrected chi connectivity index (χ2v) is 5.60. The lowest BCUT2D eigenvalue weighted by atomic mass is 10.1. The summed E-state index contributed by atoms with van der Waals surface area (Å²) >= 11 is 0. The van der Waals surface area contributed by atoms with E-state index in [1.807, 2.05) is 60.7 Å². The molecule has 2 N–H and O–H groups in total. The van der Waals surface area contributed by atoms with Crippen molar-refractivity contribution in [1.82, 2.24) is 0 Å². The van der Waals surface area contributed by atoms with Gasteiger partial charge in [0.05, 0.1) is 0 Å². The molecule has 0 atom stereocenters. The SMILES string of the molecule is N=C(CCc1ccccc1)OC(=O)C(=O)OC(=N)CCc1ccccc1. The number of ether oxygens (including phenoxy) is 2. The van der Waals surface area contributed by atoms with Gasteiger partial charge < -0.3 is 9.47 Å². The number of rotatable bonds is 6. The first-order valence-electron chi connectivity index (χ1n) is 8.21. The smallest absolute Gasteiger partial charge is 0.404 e. The number of carbonyl (C=O) groups is 2. The summed E-state index contributed by atoms with van der Waals surface area (Å²) in [6.07, 6.45) is 1.42. The zero-order valence-electron chi connectivity index (χ0n) is 14.2. The molecule has 0 heterocycles. The minimum absolute atomic E-state index is 0.189. The van der Waals surface area contributed by atoms with Gasteiger partial charge in [0.25, 0.3) is 0 Å². The van der Waals surface area contributed by atoms with Gasteiger partial charge in [0, 0.05) is 12.8 Å². The molecule has 0 saturated carbocycles. The van der Waals surface area contributed by atoms with Crippen LogP contribution in [-0.4, -0.2) is 23.7 Å². The van der Waals surface area contributed by atoms with Crippen molar-refractivity contribution in [2.75, 3.05) is 0 Å². The highest BCUT2D eigenvalue weighted by atomic mass is 16.6. The Morgan fingerprint density at radius 2 is 1.00 bits per heavy atom. The van der Waals surface area contributed by atoms with E-state index in [4.69, 9.17) is 10.8 Å². The Kier molecular flexibility index (Phi) is 7.24. The molecule has 2 aromatic carbocycles. The third-order valence-electron chi connectivity index (χ3n) is 3.57. The second kappa shape index (κ2) is 9.88. The van der Waals surface area contributed by atoms with Crippen LogP contribution in [0.1, 0.15) is 24.0 Å². The Labute approximate surface area is 151 Å². The molecule has 0 saturated heterocycles. The molecule has 0 aromatic heterocycles. The summed E-state index contributed by atoms with van der Waals surface area (Å²) in [6, 6.07) is 18.9. The molecular weight excluding hydrogens is 332 g/mol. The van der Waals surface area contributed by atoms with Crippen LogP contribution in [0.3, 0.4) is 0 Å². The number of nitrogens with one attached hydrogen (secondary N) is 2. The number of benzene rings is 2. The Balaban J connectivity index is 1.70. The highest BCUT2D eigenvalue weighted by Crippen LogP contribution is 2.05. The van der Waals surface area contributed by atoms with Gasteiger partial charge in [-0.3, -0.25) is 10.8 Å². The number of hydrogen-bond donors (Lipinski definition) is 2. The standard InChI is InChI=1S/C20H20N2O4/c21-17(13-11-15-7-3-1-4-8-15)25-19(23)20(24)26-18(22)14-12-16-9-5-2-6-10-16/h1-10,21-22H,11-14H2. The first-order valence-corrected chi connectivity index (χ1v) is 8.21. The first-order chi connectivity index (χ1) is 12.5. The fourth-order valence-electron chi connectivity index (χ4n) is 2.21. The maximum atomic E-state index is 11.6. The monoisotopic (exact) mass is 352 g/mol. The van der Waals surface area contributed by atoms with Crippen LogP contribution in [0.25, 0.3) is 0 Å². The lowest BCUT2D eigenvalue weighted by molar-refractivity contribution is -0.158. The van der Waals surface area contributed by atoms with E-state index in [1.54, 1.807) is 0 Å². The maximum absolute atomic E-state index is 11.6. The first kappa shape index (κ1) is 19.1. The van der Waals surface area contributed by atoms with Crippen LogP contribution in [0.2, 0.25) is 0 Å². The molecule has 26 heavy (non-hydrogen) atoms. The minimum Gasteiger partial charge on any atom is -0.404 e. The summed E-state index contributed by atoms with van der Waals surface area (Å²) in [7, 11) is 0. The number of aryl methyl sites for hydroxylation is 2. The zero-order chi connectivity index (χ0) is 18.8. The predicted molar refractivity (Wildman–Crippen MR) is 97.2 cm³/mol. The van der Waals surface area contributed by atoms with Gasteiger partial charge >= 0.3 is 11.9 Å². The molecule has 0 fully saturated rings. The van der Waals surface area contributed by atoms with Crippen LogP contribution >= 0.6 is 0 Å². The molecule has 0 unspecified atom stereocenters. The van der Waals surface area contributed by atoms with Gasteiger partial charge in [-0.1, -0.05) is 60.7 Å². The van der Waals surface area contributed by atoms with Gasteiger partial charge in [-0.2, -0.15) is 0 Å². The fourth-order valence-corrected chi connectivity index (χ4v) is 2.21. The third kappa shape index (κ3) is 6.68. The van der Waals surface area contributed by atoms with E-state index >= 15 is 0 Å². The van der Waals surface area contributed by atoms with Crippen molar-refractivity contribution >= 4 is 23.7 Å². The van der Waals surface area contributed by atoms with Crippen molar-refractivity contribution in [3.63, 3.8) is 0 Å². The number of carbonyl (C=O) groups excluding carboxylic acids is 2. The van der Waals surface area contributed by atoms with Crippen molar-refractivity contribution in [3.05, 3.63) is 71.8 Å².